The predicted octanol–water partition coefficient (Wildman–Crippen LogP) is 0.861. The summed E-state index contributed by atoms with van der Waals surface area (Å²) in [6.07, 6.45) is 3.61. The molecular formula is C13H14N2O5S. The van der Waals surface area contributed by atoms with Crippen molar-refractivity contribution in [2.75, 3.05) is 7.11 Å². The van der Waals surface area contributed by atoms with Crippen molar-refractivity contribution in [1.29, 1.82) is 0 Å². The molecule has 2 N–H and O–H groups in total. The molecule has 0 saturated heterocycles. The van der Waals surface area contributed by atoms with Gasteiger partial charge in [-0.3, -0.25) is 10.1 Å². The van der Waals surface area contributed by atoms with Gasteiger partial charge in [0.2, 0.25) is 0 Å². The van der Waals surface area contributed by atoms with Crippen LogP contribution < -0.4 is 5.73 Å². The topological polar surface area (TPSA) is 113 Å². The lowest BCUT2D eigenvalue weighted by Gasteiger charge is -2.28. The van der Waals surface area contributed by atoms with Crippen molar-refractivity contribution in [3.63, 3.8) is 0 Å². The maximum atomic E-state index is 12.8. The molecule has 0 spiro atoms. The Labute approximate surface area is 121 Å². The molecular weight excluding hydrogens is 296 g/mol. The van der Waals surface area contributed by atoms with Gasteiger partial charge in [0.15, 0.2) is 0 Å². The van der Waals surface area contributed by atoms with E-state index in [-0.39, 0.29) is 10.7 Å². The second kappa shape index (κ2) is 5.30. The van der Waals surface area contributed by atoms with Gasteiger partial charge in [-0.2, -0.15) is 0 Å². The third kappa shape index (κ3) is 2.22. The summed E-state index contributed by atoms with van der Waals surface area (Å²) in [5.41, 5.74) is 5.75. The van der Waals surface area contributed by atoms with Crippen molar-refractivity contribution >= 4 is 9.84 Å². The Kier molecular flexibility index (Phi) is 3.84. The summed E-state index contributed by atoms with van der Waals surface area (Å²) in [6, 6.07) is 5.88. The highest BCUT2D eigenvalue weighted by atomic mass is 32.2. The fraction of sp³-hybridized carbons (Fsp3) is 0.231. The van der Waals surface area contributed by atoms with E-state index in [4.69, 9.17) is 10.5 Å². The average Bonchev–Trinajstić information content (AvgIpc) is 2.48. The first-order valence-corrected chi connectivity index (χ1v) is 7.49. The van der Waals surface area contributed by atoms with Gasteiger partial charge in [-0.1, -0.05) is 24.3 Å². The standard InChI is InChI=1S/C13H14N2O5S/c1-20-10-7-8-12(14)13(9-10,15(16)17)21(18,19)11-5-3-2-4-6-11/h2-9,12H,14H2,1H3. The Morgan fingerprint density at radius 2 is 1.95 bits per heavy atom. The lowest BCUT2D eigenvalue weighted by Crippen LogP contribution is -2.58. The first-order valence-electron chi connectivity index (χ1n) is 6.01. The van der Waals surface area contributed by atoms with Gasteiger partial charge in [-0.25, -0.2) is 8.42 Å². The van der Waals surface area contributed by atoms with Gasteiger partial charge >= 0.3 is 4.87 Å². The highest BCUT2D eigenvalue weighted by molar-refractivity contribution is 7.92. The van der Waals surface area contributed by atoms with E-state index >= 15 is 0 Å². The molecule has 0 radical (unpaired) electrons. The number of benzene rings is 1. The molecule has 7 nitrogen and oxygen atoms in total. The minimum absolute atomic E-state index is 0.0768. The van der Waals surface area contributed by atoms with Crippen LogP contribution in [0.5, 0.6) is 0 Å². The van der Waals surface area contributed by atoms with Gasteiger partial charge in [0.25, 0.3) is 9.84 Å². The molecule has 2 atom stereocenters. The van der Waals surface area contributed by atoms with Gasteiger partial charge in [0.1, 0.15) is 11.8 Å². The molecule has 2 rings (SSSR count). The van der Waals surface area contributed by atoms with Gasteiger partial charge < -0.3 is 10.5 Å². The van der Waals surface area contributed by atoms with E-state index in [9.17, 15) is 18.5 Å². The highest BCUT2D eigenvalue weighted by Crippen LogP contribution is 2.34. The molecule has 0 saturated carbocycles. The molecule has 0 aliphatic heterocycles. The van der Waals surface area contributed by atoms with Crippen LogP contribution in [0, 0.1) is 10.1 Å². The lowest BCUT2D eigenvalue weighted by molar-refractivity contribution is -0.528. The number of allylic oxidation sites excluding steroid dienone is 1. The van der Waals surface area contributed by atoms with Crippen LogP contribution in [0.1, 0.15) is 0 Å². The molecule has 0 bridgehead atoms. The maximum Gasteiger partial charge on any atom is 0.363 e. The van der Waals surface area contributed by atoms with Gasteiger partial charge in [0, 0.05) is 4.92 Å². The molecule has 0 amide bonds. The summed E-state index contributed by atoms with van der Waals surface area (Å²) in [5.74, 6) is 0.0768. The molecule has 1 aliphatic carbocycles. The van der Waals surface area contributed by atoms with E-state index in [1.807, 2.05) is 0 Å². The summed E-state index contributed by atoms with van der Waals surface area (Å²) in [4.78, 5) is 8.04. The largest absolute Gasteiger partial charge is 0.497 e. The maximum absolute atomic E-state index is 12.8. The van der Waals surface area contributed by atoms with Crippen LogP contribution in [0.25, 0.3) is 0 Å². The van der Waals surface area contributed by atoms with Crippen LogP contribution in [-0.2, 0) is 14.6 Å². The zero-order chi connectivity index (χ0) is 15.7. The molecule has 1 aromatic carbocycles. The normalized spacial score (nSPS) is 25.2. The summed E-state index contributed by atoms with van der Waals surface area (Å²) in [7, 11) is -3.05. The number of nitro groups is 1. The van der Waals surface area contributed by atoms with Crippen molar-refractivity contribution in [3.8, 4) is 0 Å². The third-order valence-electron chi connectivity index (χ3n) is 3.30. The van der Waals surface area contributed by atoms with Crippen molar-refractivity contribution in [2.45, 2.75) is 15.8 Å². The Hall–Kier alpha value is -2.19. The fourth-order valence-corrected chi connectivity index (χ4v) is 3.93. The van der Waals surface area contributed by atoms with Gasteiger partial charge in [-0.15, -0.1) is 0 Å². The van der Waals surface area contributed by atoms with E-state index in [0.29, 0.717) is 0 Å². The SMILES string of the molecule is COC1=CC([N+](=O)[O-])(S(=O)(=O)c2ccccc2)C(N)C=C1. The van der Waals surface area contributed by atoms with E-state index in [1.54, 1.807) is 6.07 Å². The number of ether oxygens (including phenoxy) is 1. The minimum Gasteiger partial charge on any atom is -0.497 e. The minimum atomic E-state index is -4.35. The zero-order valence-corrected chi connectivity index (χ0v) is 12.0. The van der Waals surface area contributed by atoms with Crippen molar-refractivity contribution in [1.82, 2.24) is 0 Å². The Bertz CT molecular complexity index is 711. The van der Waals surface area contributed by atoms with Crippen molar-refractivity contribution in [3.05, 3.63) is 64.4 Å². The number of rotatable bonds is 4. The van der Waals surface area contributed by atoms with E-state index in [1.165, 1.54) is 43.5 Å². The highest BCUT2D eigenvalue weighted by Gasteiger charge is 2.60. The first kappa shape index (κ1) is 15.2. The second-order valence-corrected chi connectivity index (χ2v) is 6.59. The number of nitrogens with two attached hydrogens (primary N) is 1. The van der Waals surface area contributed by atoms with Gasteiger partial charge in [-0.05, 0) is 18.2 Å². The molecule has 1 aromatic rings. The monoisotopic (exact) mass is 310 g/mol. The van der Waals surface area contributed by atoms with Crippen LogP contribution in [0.4, 0.5) is 0 Å². The van der Waals surface area contributed by atoms with E-state index < -0.39 is 25.7 Å². The van der Waals surface area contributed by atoms with Crippen molar-refractivity contribution < 1.29 is 18.1 Å². The number of nitrogens with zero attached hydrogens (tertiary/aromatic N) is 1. The molecule has 112 valence electrons. The van der Waals surface area contributed by atoms with Gasteiger partial charge in [0.05, 0.1) is 18.1 Å². The molecule has 21 heavy (non-hydrogen) atoms. The summed E-state index contributed by atoms with van der Waals surface area (Å²) >= 11 is 0. The lowest BCUT2D eigenvalue weighted by atomic mass is 10.0. The van der Waals surface area contributed by atoms with Crippen LogP contribution in [-0.4, -0.2) is 31.4 Å². The molecule has 8 heteroatoms. The quantitative estimate of drug-likeness (QED) is 0.652. The Morgan fingerprint density at radius 1 is 1.33 bits per heavy atom. The van der Waals surface area contributed by atoms with E-state index in [2.05, 4.69) is 0 Å². The molecule has 2 unspecified atom stereocenters. The molecule has 1 aliphatic rings. The van der Waals surface area contributed by atoms with Crippen LogP contribution in [0.3, 0.4) is 0 Å². The molecule has 0 aromatic heterocycles. The zero-order valence-electron chi connectivity index (χ0n) is 11.2. The van der Waals surface area contributed by atoms with Crippen molar-refractivity contribution in [2.24, 2.45) is 5.73 Å². The fourth-order valence-electron chi connectivity index (χ4n) is 2.13. The number of methoxy groups -OCH3 is 1. The summed E-state index contributed by atoms with van der Waals surface area (Å²) in [6.45, 7) is 0. The number of hydrogen-bond acceptors (Lipinski definition) is 6. The first-order chi connectivity index (χ1) is 9.86. The predicted molar refractivity (Wildman–Crippen MR) is 75.6 cm³/mol. The van der Waals surface area contributed by atoms with Crippen LogP contribution in [0.15, 0.2) is 59.2 Å². The summed E-state index contributed by atoms with van der Waals surface area (Å²) in [5, 5.41) is 11.6. The number of hydrogen-bond donors (Lipinski definition) is 1. The summed E-state index contributed by atoms with van der Waals surface area (Å²) < 4.78 is 30.5. The van der Waals surface area contributed by atoms with Crippen LogP contribution >= 0.6 is 0 Å². The molecule has 0 fully saturated rings. The Morgan fingerprint density at radius 3 is 2.48 bits per heavy atom. The second-order valence-electron chi connectivity index (χ2n) is 4.46. The number of sulfone groups is 1. The third-order valence-corrected chi connectivity index (χ3v) is 5.59. The smallest absolute Gasteiger partial charge is 0.363 e. The van der Waals surface area contributed by atoms with Crippen LogP contribution in [0.2, 0.25) is 0 Å². The Balaban J connectivity index is 2.72. The average molecular weight is 310 g/mol. The molecule has 0 heterocycles. The van der Waals surface area contributed by atoms with E-state index in [0.717, 1.165) is 6.08 Å².